The fourth-order valence-corrected chi connectivity index (χ4v) is 2.54. The standard InChI is InChI=1S/C12H15Cl2FN2.ClH/c1-16-9-4-5-17(7-9)6-8-2-3-10(15)12(14)11(8)13;/h2-3,9,16H,4-7H2,1H3;1H. The zero-order chi connectivity index (χ0) is 12.4. The van der Waals surface area contributed by atoms with Gasteiger partial charge in [-0.25, -0.2) is 4.39 Å². The molecule has 6 heteroatoms. The monoisotopic (exact) mass is 312 g/mol. The Balaban J connectivity index is 0.00000162. The third-order valence-electron chi connectivity index (χ3n) is 3.19. The van der Waals surface area contributed by atoms with E-state index >= 15 is 0 Å². The smallest absolute Gasteiger partial charge is 0.143 e. The van der Waals surface area contributed by atoms with Crippen LogP contribution in [0.2, 0.25) is 10.0 Å². The van der Waals surface area contributed by atoms with E-state index in [4.69, 9.17) is 23.2 Å². The molecule has 0 bridgehead atoms. The zero-order valence-electron chi connectivity index (χ0n) is 10.0. The topological polar surface area (TPSA) is 15.3 Å². The van der Waals surface area contributed by atoms with E-state index in [-0.39, 0.29) is 17.4 Å². The van der Waals surface area contributed by atoms with Gasteiger partial charge in [0.2, 0.25) is 0 Å². The molecule has 1 N–H and O–H groups in total. The van der Waals surface area contributed by atoms with Crippen molar-refractivity contribution in [3.8, 4) is 0 Å². The second-order valence-electron chi connectivity index (χ2n) is 4.34. The van der Waals surface area contributed by atoms with E-state index in [1.807, 2.05) is 7.05 Å². The van der Waals surface area contributed by atoms with Gasteiger partial charge >= 0.3 is 0 Å². The molecule has 1 saturated heterocycles. The van der Waals surface area contributed by atoms with Gasteiger partial charge in [-0.15, -0.1) is 12.4 Å². The second kappa shape index (κ2) is 6.92. The molecular formula is C12H16Cl3FN2. The van der Waals surface area contributed by atoms with Crippen LogP contribution < -0.4 is 5.32 Å². The lowest BCUT2D eigenvalue weighted by Crippen LogP contribution is -2.29. The Labute approximate surface area is 123 Å². The quantitative estimate of drug-likeness (QED) is 0.861. The molecule has 0 amide bonds. The van der Waals surface area contributed by atoms with Crippen molar-refractivity contribution in [3.05, 3.63) is 33.6 Å². The van der Waals surface area contributed by atoms with Gasteiger partial charge in [0, 0.05) is 25.7 Å². The SMILES string of the molecule is CNC1CCN(Cc2ccc(F)c(Cl)c2Cl)C1.Cl. The third-order valence-corrected chi connectivity index (χ3v) is 4.09. The summed E-state index contributed by atoms with van der Waals surface area (Å²) < 4.78 is 13.1. The third kappa shape index (κ3) is 3.49. The number of hydrogen-bond acceptors (Lipinski definition) is 2. The summed E-state index contributed by atoms with van der Waals surface area (Å²) in [5, 5.41) is 3.61. The van der Waals surface area contributed by atoms with Crippen molar-refractivity contribution >= 4 is 35.6 Å². The van der Waals surface area contributed by atoms with Crippen molar-refractivity contribution < 1.29 is 4.39 Å². The highest BCUT2D eigenvalue weighted by atomic mass is 35.5. The number of nitrogens with one attached hydrogen (secondary N) is 1. The number of halogens is 4. The summed E-state index contributed by atoms with van der Waals surface area (Å²) in [5.41, 5.74) is 0.884. The van der Waals surface area contributed by atoms with E-state index in [9.17, 15) is 4.39 Å². The first-order chi connectivity index (χ1) is 8.11. The van der Waals surface area contributed by atoms with Crippen LogP contribution in [0.3, 0.4) is 0 Å². The first kappa shape index (κ1) is 16.0. The summed E-state index contributed by atoms with van der Waals surface area (Å²) in [5.74, 6) is -0.463. The summed E-state index contributed by atoms with van der Waals surface area (Å²) in [7, 11) is 1.97. The lowest BCUT2D eigenvalue weighted by atomic mass is 10.2. The fourth-order valence-electron chi connectivity index (χ4n) is 2.14. The van der Waals surface area contributed by atoms with Gasteiger partial charge in [0.15, 0.2) is 0 Å². The molecule has 0 spiro atoms. The van der Waals surface area contributed by atoms with Gasteiger partial charge in [0.1, 0.15) is 5.82 Å². The molecule has 0 radical (unpaired) electrons. The second-order valence-corrected chi connectivity index (χ2v) is 5.10. The van der Waals surface area contributed by atoms with Gasteiger partial charge in [-0.1, -0.05) is 29.3 Å². The van der Waals surface area contributed by atoms with E-state index in [1.54, 1.807) is 6.07 Å². The summed E-state index contributed by atoms with van der Waals surface area (Å²) in [4.78, 5) is 2.29. The number of hydrogen-bond donors (Lipinski definition) is 1. The van der Waals surface area contributed by atoms with Crippen LogP contribution in [0, 0.1) is 5.82 Å². The normalized spacial score (nSPS) is 19.9. The van der Waals surface area contributed by atoms with Gasteiger partial charge in [-0.3, -0.25) is 4.90 Å². The van der Waals surface area contributed by atoms with Gasteiger partial charge in [0.25, 0.3) is 0 Å². The maximum absolute atomic E-state index is 13.1. The minimum absolute atomic E-state index is 0. The summed E-state index contributed by atoms with van der Waals surface area (Å²) in [6.07, 6.45) is 1.13. The van der Waals surface area contributed by atoms with Gasteiger partial charge in [-0.2, -0.15) is 0 Å². The fraction of sp³-hybridized carbons (Fsp3) is 0.500. The molecule has 102 valence electrons. The van der Waals surface area contributed by atoms with Crippen LogP contribution >= 0.6 is 35.6 Å². The van der Waals surface area contributed by atoms with Crippen molar-refractivity contribution in [1.82, 2.24) is 10.2 Å². The summed E-state index contributed by atoms with van der Waals surface area (Å²) in [6.45, 7) is 2.73. The van der Waals surface area contributed by atoms with Gasteiger partial charge < -0.3 is 5.32 Å². The highest BCUT2D eigenvalue weighted by Gasteiger charge is 2.22. The van der Waals surface area contributed by atoms with E-state index in [0.29, 0.717) is 11.1 Å². The van der Waals surface area contributed by atoms with Crippen molar-refractivity contribution in [2.24, 2.45) is 0 Å². The molecule has 1 aromatic rings. The van der Waals surface area contributed by atoms with Crippen LogP contribution in [0.4, 0.5) is 4.39 Å². The first-order valence-corrected chi connectivity index (χ1v) is 6.39. The Morgan fingerprint density at radius 3 is 2.72 bits per heavy atom. The minimum atomic E-state index is -0.463. The molecule has 1 atom stereocenters. The highest BCUT2D eigenvalue weighted by Crippen LogP contribution is 2.29. The van der Waals surface area contributed by atoms with Crippen molar-refractivity contribution in [3.63, 3.8) is 0 Å². The number of benzene rings is 1. The van der Waals surface area contributed by atoms with Crippen LogP contribution in [0.5, 0.6) is 0 Å². The predicted octanol–water partition coefficient (Wildman–Crippen LogP) is 3.35. The molecule has 2 nitrogen and oxygen atoms in total. The molecule has 1 aliphatic heterocycles. The Bertz CT molecular complexity index is 415. The molecular weight excluding hydrogens is 298 g/mol. The largest absolute Gasteiger partial charge is 0.316 e. The lowest BCUT2D eigenvalue weighted by molar-refractivity contribution is 0.322. The van der Waals surface area contributed by atoms with Crippen molar-refractivity contribution in [1.29, 1.82) is 0 Å². The van der Waals surface area contributed by atoms with Gasteiger partial charge in [0.05, 0.1) is 10.0 Å². The maximum atomic E-state index is 13.1. The number of likely N-dealkylation sites (tertiary alicyclic amines) is 1. The van der Waals surface area contributed by atoms with E-state index in [2.05, 4.69) is 10.2 Å². The van der Waals surface area contributed by atoms with E-state index in [1.165, 1.54) is 6.07 Å². The number of likely N-dealkylation sites (N-methyl/N-ethyl adjacent to an activating group) is 1. The molecule has 0 aromatic heterocycles. The lowest BCUT2D eigenvalue weighted by Gasteiger charge is -2.17. The van der Waals surface area contributed by atoms with Crippen LogP contribution in [0.25, 0.3) is 0 Å². The molecule has 1 fully saturated rings. The molecule has 18 heavy (non-hydrogen) atoms. The Morgan fingerprint density at radius 1 is 1.39 bits per heavy atom. The molecule has 0 aliphatic carbocycles. The average molecular weight is 314 g/mol. The molecule has 1 aliphatic rings. The minimum Gasteiger partial charge on any atom is -0.316 e. The first-order valence-electron chi connectivity index (χ1n) is 5.64. The van der Waals surface area contributed by atoms with Gasteiger partial charge in [-0.05, 0) is 25.1 Å². The average Bonchev–Trinajstić information content (AvgIpc) is 2.78. The van der Waals surface area contributed by atoms with E-state index in [0.717, 1.165) is 31.6 Å². The molecule has 1 aromatic carbocycles. The van der Waals surface area contributed by atoms with Crippen LogP contribution in [0.1, 0.15) is 12.0 Å². The van der Waals surface area contributed by atoms with Crippen LogP contribution in [-0.4, -0.2) is 31.1 Å². The zero-order valence-corrected chi connectivity index (χ0v) is 12.4. The van der Waals surface area contributed by atoms with Crippen LogP contribution in [0.15, 0.2) is 12.1 Å². The van der Waals surface area contributed by atoms with Crippen LogP contribution in [-0.2, 0) is 6.54 Å². The Morgan fingerprint density at radius 2 is 2.11 bits per heavy atom. The summed E-state index contributed by atoms with van der Waals surface area (Å²) >= 11 is 11.8. The Hall–Kier alpha value is -0.0600. The Kier molecular flexibility index (Phi) is 6.15. The molecule has 1 unspecified atom stereocenters. The highest BCUT2D eigenvalue weighted by molar-refractivity contribution is 6.42. The molecule has 1 heterocycles. The van der Waals surface area contributed by atoms with E-state index < -0.39 is 5.82 Å². The molecule has 0 saturated carbocycles. The summed E-state index contributed by atoms with van der Waals surface area (Å²) in [6, 6.07) is 3.61. The van der Waals surface area contributed by atoms with Crippen molar-refractivity contribution in [2.45, 2.75) is 19.0 Å². The maximum Gasteiger partial charge on any atom is 0.143 e. The molecule has 2 rings (SSSR count). The van der Waals surface area contributed by atoms with Crippen molar-refractivity contribution in [2.75, 3.05) is 20.1 Å². The number of nitrogens with zero attached hydrogens (tertiary/aromatic N) is 1. The number of rotatable bonds is 3. The predicted molar refractivity (Wildman–Crippen MR) is 76.4 cm³/mol.